The first kappa shape index (κ1) is 26.3. The van der Waals surface area contributed by atoms with Crippen LogP contribution in [-0.2, 0) is 36.8 Å². The highest BCUT2D eigenvalue weighted by Gasteiger charge is 2.48. The summed E-state index contributed by atoms with van der Waals surface area (Å²) in [7, 11) is -11.1. The zero-order valence-electron chi connectivity index (χ0n) is 26.9. The Kier molecular flexibility index (Phi) is 7.48. The Morgan fingerprint density at radius 3 is 2.23 bits per heavy atom. The van der Waals surface area contributed by atoms with Gasteiger partial charge in [0.25, 0.3) is 0 Å². The van der Waals surface area contributed by atoms with Gasteiger partial charge in [-0.2, -0.15) is 4.31 Å². The molecule has 0 saturated carbocycles. The van der Waals surface area contributed by atoms with Crippen LogP contribution in [0.15, 0.2) is 36.6 Å². The maximum Gasteiger partial charge on any atom is 0.481 e. The fraction of sp³-hybridized carbons (Fsp3) is 0.524. The maximum atomic E-state index is 12.5. The minimum Gasteiger partial charge on any atom is -0.387 e. The van der Waals surface area contributed by atoms with E-state index in [1.54, 1.807) is 0 Å². The van der Waals surface area contributed by atoms with Crippen molar-refractivity contribution in [3.8, 4) is 0 Å². The molecule has 0 radical (unpaired) electrons. The number of primary amides is 1. The minimum atomic E-state index is -5.56. The summed E-state index contributed by atoms with van der Waals surface area (Å²) < 4.78 is 90.6. The molecule has 0 bridgehead atoms. The van der Waals surface area contributed by atoms with Crippen molar-refractivity contribution in [1.82, 2.24) is 24.4 Å². The van der Waals surface area contributed by atoms with Crippen LogP contribution in [0.5, 0.6) is 0 Å². The number of rotatable bonds is 11. The van der Waals surface area contributed by atoms with E-state index in [1.165, 1.54) is 10.9 Å². The molecule has 10 atom stereocenters. The minimum absolute atomic E-state index is 0.0169. The standard InChI is InChI=1S/C21H29N7O14P2/c22-17-12-19(25-7-24-17)28(8-26-12)21-16(32)14(30)11(41-21)6-39-44(36,37)42-43(34,35)38-5-10-13(29)15(31)20(40-10)27-3-1-2-9(4-27)18(23)33/h1,3-4,7-8,10-11,13-16,20-21,29-32H,2,5-6H2,(H2,23,33)(H,34,35)(H,36,37)(H2,22,24,25)/t10-,11-,13-,14-,15-,16-,20-,21-/m1/s1/i1D,2D2,3D,4D. The Balaban J connectivity index is 1.20. The number of ether oxygens (including phenoxy) is 2. The third-order valence-electron chi connectivity index (χ3n) is 6.44. The molecule has 0 aromatic carbocycles. The molecular weight excluding hydrogens is 636 g/mol. The number of imidazole rings is 1. The van der Waals surface area contributed by atoms with Gasteiger partial charge in [-0.05, 0) is 6.37 Å². The summed E-state index contributed by atoms with van der Waals surface area (Å²) in [6, 6.07) is -1.13. The molecule has 0 spiro atoms. The fourth-order valence-electron chi connectivity index (χ4n) is 4.32. The molecule has 3 aliphatic rings. The average molecular weight is 670 g/mol. The summed E-state index contributed by atoms with van der Waals surface area (Å²) in [6.07, 6.45) is -16.7. The van der Waals surface area contributed by atoms with Gasteiger partial charge in [0.1, 0.15) is 48.5 Å². The molecule has 0 aliphatic carbocycles. The lowest BCUT2D eigenvalue weighted by molar-refractivity contribution is -0.115. The zero-order chi connectivity index (χ0) is 36.4. The van der Waals surface area contributed by atoms with Gasteiger partial charge in [-0.3, -0.25) is 18.4 Å². The summed E-state index contributed by atoms with van der Waals surface area (Å²) in [5.74, 6) is -1.44. The first-order chi connectivity index (χ1) is 22.7. The average Bonchev–Trinajstić information content (AvgIpc) is 3.64. The van der Waals surface area contributed by atoms with Crippen LogP contribution in [0.4, 0.5) is 5.82 Å². The molecule has 242 valence electrons. The highest BCUT2D eigenvalue weighted by Crippen LogP contribution is 2.60. The smallest absolute Gasteiger partial charge is 0.387 e. The lowest BCUT2D eigenvalue weighted by atomic mass is 10.1. The number of aromatic nitrogens is 4. The maximum absolute atomic E-state index is 12.5. The van der Waals surface area contributed by atoms with Crippen molar-refractivity contribution in [2.45, 2.75) is 55.5 Å². The van der Waals surface area contributed by atoms with Crippen LogP contribution in [0.1, 0.15) is 19.5 Å². The second-order valence-corrected chi connectivity index (χ2v) is 12.4. The number of hydrogen-bond donors (Lipinski definition) is 8. The number of phosphoric ester groups is 2. The Morgan fingerprint density at radius 1 is 1.02 bits per heavy atom. The third-order valence-corrected chi connectivity index (χ3v) is 9.04. The van der Waals surface area contributed by atoms with E-state index in [1.807, 2.05) is 0 Å². The van der Waals surface area contributed by atoms with Gasteiger partial charge >= 0.3 is 15.6 Å². The zero-order valence-corrected chi connectivity index (χ0v) is 23.7. The van der Waals surface area contributed by atoms with Crippen molar-refractivity contribution in [1.29, 1.82) is 0 Å². The van der Waals surface area contributed by atoms with E-state index in [9.17, 15) is 44.1 Å². The first-order valence-electron chi connectivity index (χ1n) is 14.8. The summed E-state index contributed by atoms with van der Waals surface area (Å²) in [4.78, 5) is 44.2. The van der Waals surface area contributed by atoms with Crippen molar-refractivity contribution in [3.63, 3.8) is 0 Å². The Morgan fingerprint density at radius 2 is 1.61 bits per heavy atom. The number of nitrogen functional groups attached to an aromatic ring is 1. The summed E-state index contributed by atoms with van der Waals surface area (Å²) >= 11 is 0. The molecule has 2 aromatic heterocycles. The van der Waals surface area contributed by atoms with Crippen LogP contribution < -0.4 is 11.5 Å². The molecule has 3 aliphatic heterocycles. The van der Waals surface area contributed by atoms with Gasteiger partial charge in [-0.15, -0.1) is 0 Å². The summed E-state index contributed by atoms with van der Waals surface area (Å²) in [6.45, 7) is -2.12. The van der Waals surface area contributed by atoms with Gasteiger partial charge in [0.2, 0.25) is 5.91 Å². The van der Waals surface area contributed by atoms with Gasteiger partial charge in [-0.25, -0.2) is 24.1 Å². The number of carbonyl (C=O) groups is 1. The van der Waals surface area contributed by atoms with E-state index < -0.39 is 114 Å². The molecule has 5 heterocycles. The Labute approximate surface area is 254 Å². The molecular formula is C21H29N7O14P2. The molecule has 2 fully saturated rings. The second-order valence-electron chi connectivity index (χ2n) is 9.37. The van der Waals surface area contributed by atoms with E-state index in [0.717, 1.165) is 6.33 Å². The number of nitrogens with two attached hydrogens (primary N) is 2. The van der Waals surface area contributed by atoms with Crippen LogP contribution in [-0.4, -0.2) is 117 Å². The number of aliphatic hydroxyl groups is 4. The predicted molar refractivity (Wildman–Crippen MR) is 142 cm³/mol. The van der Waals surface area contributed by atoms with Crippen molar-refractivity contribution >= 4 is 38.5 Å². The van der Waals surface area contributed by atoms with Crippen molar-refractivity contribution < 1.29 is 73.8 Å². The quantitative estimate of drug-likeness (QED) is 0.113. The number of phosphoric acid groups is 2. The SMILES string of the molecule is [2H]C1=C([2H])C([2H])([2H])C(C(N)=O)=C([2H])N1[C@@H]1O[C@H](COP(=O)(O)OP(=O)(O)OC[C@H]2O[C@@H](n3cnc4c(N)ncnc43)[C@H](O)[C@@H]2O)[C@@H](O)[C@H]1O. The van der Waals surface area contributed by atoms with Crippen LogP contribution >= 0.6 is 15.6 Å². The highest BCUT2D eigenvalue weighted by molar-refractivity contribution is 7.61. The number of amides is 1. The molecule has 23 heteroatoms. The largest absolute Gasteiger partial charge is 0.481 e. The Bertz CT molecular complexity index is 1800. The van der Waals surface area contributed by atoms with Crippen molar-refractivity contribution in [2.24, 2.45) is 5.73 Å². The van der Waals surface area contributed by atoms with Gasteiger partial charge in [0.15, 0.2) is 23.9 Å². The monoisotopic (exact) mass is 670 g/mol. The van der Waals surface area contributed by atoms with Crippen LogP contribution in [0, 0.1) is 0 Å². The number of aliphatic hydroxyl groups excluding tert-OH is 4. The number of fused-ring (bicyclic) bond motifs is 1. The van der Waals surface area contributed by atoms with Crippen LogP contribution in [0.25, 0.3) is 11.2 Å². The third kappa shape index (κ3) is 6.70. The lowest BCUT2D eigenvalue weighted by Crippen LogP contribution is -2.40. The van der Waals surface area contributed by atoms with E-state index in [2.05, 4.69) is 28.3 Å². The topological polar surface area (TPSA) is 318 Å². The van der Waals surface area contributed by atoms with E-state index in [-0.39, 0.29) is 17.0 Å². The Hall–Kier alpha value is -2.88. The van der Waals surface area contributed by atoms with E-state index in [0.29, 0.717) is 4.90 Å². The molecule has 1 amide bonds. The van der Waals surface area contributed by atoms with Gasteiger partial charge < -0.3 is 56.1 Å². The van der Waals surface area contributed by atoms with Gasteiger partial charge in [0.05, 0.1) is 23.7 Å². The van der Waals surface area contributed by atoms with Crippen LogP contribution in [0.3, 0.4) is 0 Å². The van der Waals surface area contributed by atoms with E-state index in [4.69, 9.17) is 27.8 Å². The van der Waals surface area contributed by atoms with E-state index >= 15 is 0 Å². The normalized spacial score (nSPS) is 36.8. The van der Waals surface area contributed by atoms with Crippen LogP contribution in [0.2, 0.25) is 0 Å². The molecule has 44 heavy (non-hydrogen) atoms. The predicted octanol–water partition coefficient (Wildman–Crippen LogP) is -2.69. The highest BCUT2D eigenvalue weighted by atomic mass is 31.3. The molecule has 2 unspecified atom stereocenters. The molecule has 2 aromatic rings. The van der Waals surface area contributed by atoms with Crippen molar-refractivity contribution in [2.75, 3.05) is 18.9 Å². The van der Waals surface area contributed by atoms with Gasteiger partial charge in [-0.1, -0.05) is 6.05 Å². The number of carbonyl (C=O) groups excluding carboxylic acids is 1. The lowest BCUT2D eigenvalue weighted by Gasteiger charge is -2.28. The second kappa shape index (κ2) is 12.5. The number of hydrogen-bond acceptors (Lipinski definition) is 17. The number of allylic oxidation sites excluding steroid dienone is 1. The molecule has 5 rings (SSSR count). The van der Waals surface area contributed by atoms with Gasteiger partial charge in [0, 0.05) is 20.7 Å². The summed E-state index contributed by atoms with van der Waals surface area (Å²) in [5.41, 5.74) is 10.1. The fourth-order valence-corrected chi connectivity index (χ4v) is 6.41. The van der Waals surface area contributed by atoms with Crippen molar-refractivity contribution in [3.05, 3.63) is 36.6 Å². The first-order valence-corrected chi connectivity index (χ1v) is 15.3. The molecule has 2 saturated heterocycles. The number of anilines is 1. The summed E-state index contributed by atoms with van der Waals surface area (Å²) in [5, 5.41) is 41.9. The molecule has 10 N–H and O–H groups in total. The molecule has 21 nitrogen and oxygen atoms in total. The number of nitrogens with zero attached hydrogens (tertiary/aromatic N) is 5.